The number of rotatable bonds is 5. The molecule has 0 aliphatic rings. The average molecular weight is 310 g/mol. The third-order valence-electron chi connectivity index (χ3n) is 3.48. The highest BCUT2D eigenvalue weighted by atomic mass is 32.2. The molecule has 0 saturated heterocycles. The molecule has 2 aromatic rings. The number of nitrogens with one attached hydrogen (secondary N) is 1. The van der Waals surface area contributed by atoms with Crippen LogP contribution in [0.3, 0.4) is 0 Å². The van der Waals surface area contributed by atoms with Crippen molar-refractivity contribution in [2.45, 2.75) is 37.5 Å². The maximum Gasteiger partial charge on any atom is 0.263 e. The van der Waals surface area contributed by atoms with Crippen molar-refractivity contribution in [3.8, 4) is 0 Å². The van der Waals surface area contributed by atoms with Gasteiger partial charge in [-0.2, -0.15) is 0 Å². The Morgan fingerprint density at radius 1 is 1.25 bits per heavy atom. The lowest BCUT2D eigenvalue weighted by Gasteiger charge is -2.23. The van der Waals surface area contributed by atoms with Gasteiger partial charge in [-0.1, -0.05) is 32.9 Å². The van der Waals surface area contributed by atoms with E-state index in [1.807, 2.05) is 12.1 Å². The number of thiazole rings is 1. The van der Waals surface area contributed by atoms with Crippen molar-refractivity contribution in [1.29, 1.82) is 0 Å². The molecule has 1 N–H and O–H groups in total. The van der Waals surface area contributed by atoms with Gasteiger partial charge < -0.3 is 0 Å². The molecule has 0 aliphatic heterocycles. The fourth-order valence-corrected chi connectivity index (χ4v) is 3.53. The van der Waals surface area contributed by atoms with Crippen LogP contribution in [0.5, 0.6) is 0 Å². The lowest BCUT2D eigenvalue weighted by atomic mass is 9.82. The molecule has 108 valence electrons. The Morgan fingerprint density at radius 3 is 2.40 bits per heavy atom. The standard InChI is InChI=1S/C14H18N2O2S2/c1-4-14(2,3)11-5-7-12(8-6-11)20(17,18)16-13-15-9-10-19-13/h5-10H,4H2,1-3H3,(H,15,16). The Morgan fingerprint density at radius 2 is 1.90 bits per heavy atom. The molecular weight excluding hydrogens is 292 g/mol. The Hall–Kier alpha value is -1.40. The summed E-state index contributed by atoms with van der Waals surface area (Å²) in [5.74, 6) is 0. The molecule has 0 fully saturated rings. The first-order chi connectivity index (χ1) is 9.35. The third-order valence-corrected chi connectivity index (χ3v) is 5.66. The zero-order valence-electron chi connectivity index (χ0n) is 11.8. The first-order valence-electron chi connectivity index (χ1n) is 6.38. The van der Waals surface area contributed by atoms with E-state index in [1.165, 1.54) is 11.3 Å². The van der Waals surface area contributed by atoms with E-state index >= 15 is 0 Å². The molecule has 0 spiro atoms. The molecule has 20 heavy (non-hydrogen) atoms. The van der Waals surface area contributed by atoms with Gasteiger partial charge in [-0.05, 0) is 29.5 Å². The zero-order valence-corrected chi connectivity index (χ0v) is 13.4. The van der Waals surface area contributed by atoms with Crippen molar-refractivity contribution in [2.75, 3.05) is 4.72 Å². The lowest BCUT2D eigenvalue weighted by Crippen LogP contribution is -2.16. The second-order valence-corrected chi connectivity index (χ2v) is 7.78. The SMILES string of the molecule is CCC(C)(C)c1ccc(S(=O)(=O)Nc2nccs2)cc1. The van der Waals surface area contributed by atoms with Gasteiger partial charge in [0, 0.05) is 11.6 Å². The van der Waals surface area contributed by atoms with Crippen LogP contribution in [-0.2, 0) is 15.4 Å². The van der Waals surface area contributed by atoms with Crippen LogP contribution < -0.4 is 4.72 Å². The maximum absolute atomic E-state index is 12.2. The van der Waals surface area contributed by atoms with E-state index in [9.17, 15) is 8.42 Å². The van der Waals surface area contributed by atoms with Gasteiger partial charge in [0.2, 0.25) is 0 Å². The van der Waals surface area contributed by atoms with E-state index in [-0.39, 0.29) is 10.3 Å². The highest BCUT2D eigenvalue weighted by molar-refractivity contribution is 7.93. The third kappa shape index (κ3) is 3.19. The van der Waals surface area contributed by atoms with Crippen molar-refractivity contribution in [2.24, 2.45) is 0 Å². The number of hydrogen-bond acceptors (Lipinski definition) is 4. The van der Waals surface area contributed by atoms with Gasteiger partial charge in [0.1, 0.15) is 0 Å². The number of benzene rings is 1. The highest BCUT2D eigenvalue weighted by Gasteiger charge is 2.20. The monoisotopic (exact) mass is 310 g/mol. The predicted octanol–water partition coefficient (Wildman–Crippen LogP) is 3.63. The number of aromatic nitrogens is 1. The fraction of sp³-hybridized carbons (Fsp3) is 0.357. The fourth-order valence-electron chi connectivity index (χ4n) is 1.74. The van der Waals surface area contributed by atoms with Crippen molar-refractivity contribution < 1.29 is 8.42 Å². The molecule has 4 nitrogen and oxygen atoms in total. The number of sulfonamides is 1. The minimum Gasteiger partial charge on any atom is -0.255 e. The van der Waals surface area contributed by atoms with E-state index in [4.69, 9.17) is 0 Å². The molecule has 0 radical (unpaired) electrons. The van der Waals surface area contributed by atoms with Gasteiger partial charge in [0.25, 0.3) is 10.0 Å². The Labute approximate surface area is 123 Å². The van der Waals surface area contributed by atoms with E-state index in [2.05, 4.69) is 30.5 Å². The average Bonchev–Trinajstić information content (AvgIpc) is 2.91. The summed E-state index contributed by atoms with van der Waals surface area (Å²) < 4.78 is 26.8. The van der Waals surface area contributed by atoms with Crippen LogP contribution in [0.25, 0.3) is 0 Å². The van der Waals surface area contributed by atoms with Crippen LogP contribution in [0.1, 0.15) is 32.8 Å². The quantitative estimate of drug-likeness (QED) is 0.917. The summed E-state index contributed by atoms with van der Waals surface area (Å²) in [7, 11) is -3.55. The van der Waals surface area contributed by atoms with Crippen molar-refractivity contribution in [3.05, 3.63) is 41.4 Å². The van der Waals surface area contributed by atoms with Crippen LogP contribution in [-0.4, -0.2) is 13.4 Å². The van der Waals surface area contributed by atoms with Crippen molar-refractivity contribution in [3.63, 3.8) is 0 Å². The van der Waals surface area contributed by atoms with Crippen molar-refractivity contribution in [1.82, 2.24) is 4.98 Å². The predicted molar refractivity (Wildman–Crippen MR) is 82.7 cm³/mol. The molecule has 2 rings (SSSR count). The van der Waals surface area contributed by atoms with Gasteiger partial charge in [-0.15, -0.1) is 11.3 Å². The van der Waals surface area contributed by atoms with E-state index < -0.39 is 10.0 Å². The molecule has 0 atom stereocenters. The summed E-state index contributed by atoms with van der Waals surface area (Å²) in [5, 5.41) is 2.10. The minimum atomic E-state index is -3.55. The van der Waals surface area contributed by atoms with Gasteiger partial charge in [-0.3, -0.25) is 4.72 Å². The topological polar surface area (TPSA) is 59.1 Å². The molecule has 0 bridgehead atoms. The highest BCUT2D eigenvalue weighted by Crippen LogP contribution is 2.27. The molecule has 0 unspecified atom stereocenters. The Bertz CT molecular complexity index is 660. The van der Waals surface area contributed by atoms with Crippen LogP contribution in [0, 0.1) is 0 Å². The van der Waals surface area contributed by atoms with Gasteiger partial charge >= 0.3 is 0 Å². The summed E-state index contributed by atoms with van der Waals surface area (Å²) in [6.45, 7) is 6.41. The summed E-state index contributed by atoms with van der Waals surface area (Å²) in [5.41, 5.74) is 1.18. The van der Waals surface area contributed by atoms with E-state index in [0.717, 1.165) is 12.0 Å². The zero-order chi connectivity index (χ0) is 14.8. The van der Waals surface area contributed by atoms with Crippen LogP contribution >= 0.6 is 11.3 Å². The van der Waals surface area contributed by atoms with Gasteiger partial charge in [0.05, 0.1) is 4.90 Å². The number of nitrogens with zero attached hydrogens (tertiary/aromatic N) is 1. The van der Waals surface area contributed by atoms with Gasteiger partial charge in [0.15, 0.2) is 5.13 Å². The summed E-state index contributed by atoms with van der Waals surface area (Å²) in [6, 6.07) is 7.03. The van der Waals surface area contributed by atoms with Crippen molar-refractivity contribution >= 4 is 26.5 Å². The molecule has 1 aromatic carbocycles. The van der Waals surface area contributed by atoms with Crippen LogP contribution in [0.2, 0.25) is 0 Å². The second-order valence-electron chi connectivity index (χ2n) is 5.20. The van der Waals surface area contributed by atoms with Crippen LogP contribution in [0.4, 0.5) is 5.13 Å². The summed E-state index contributed by atoms with van der Waals surface area (Å²) in [4.78, 5) is 4.18. The molecule has 0 amide bonds. The van der Waals surface area contributed by atoms with E-state index in [1.54, 1.807) is 23.7 Å². The number of hydrogen-bond donors (Lipinski definition) is 1. The van der Waals surface area contributed by atoms with Crippen LogP contribution in [0.15, 0.2) is 40.7 Å². The lowest BCUT2D eigenvalue weighted by molar-refractivity contribution is 0.506. The molecular formula is C14H18N2O2S2. The molecule has 6 heteroatoms. The summed E-state index contributed by atoms with van der Waals surface area (Å²) in [6.07, 6.45) is 2.56. The maximum atomic E-state index is 12.2. The molecule has 0 saturated carbocycles. The first kappa shape index (κ1) is 15.0. The summed E-state index contributed by atoms with van der Waals surface area (Å²) >= 11 is 1.25. The number of anilines is 1. The van der Waals surface area contributed by atoms with E-state index in [0.29, 0.717) is 5.13 Å². The van der Waals surface area contributed by atoms with Gasteiger partial charge in [-0.25, -0.2) is 13.4 Å². The minimum absolute atomic E-state index is 0.0467. The normalized spacial score (nSPS) is 12.3. The molecule has 0 aliphatic carbocycles. The Kier molecular flexibility index (Phi) is 4.15. The first-order valence-corrected chi connectivity index (χ1v) is 8.74. The molecule has 1 aromatic heterocycles. The second kappa shape index (κ2) is 5.54. The Balaban J connectivity index is 2.25. The largest absolute Gasteiger partial charge is 0.263 e. The smallest absolute Gasteiger partial charge is 0.255 e. The molecule has 1 heterocycles.